The molecule has 0 bridgehead atoms. The molecule has 1 saturated heterocycles. The number of likely N-dealkylation sites (tertiary alicyclic amines) is 1. The summed E-state index contributed by atoms with van der Waals surface area (Å²) < 4.78 is 43.1. The second-order valence-corrected chi connectivity index (χ2v) is 6.63. The zero-order valence-electron chi connectivity index (χ0n) is 12.8. The van der Waals surface area contributed by atoms with Crippen molar-refractivity contribution in [3.05, 3.63) is 23.9 Å². The molecule has 2 rings (SSSR count). The van der Waals surface area contributed by atoms with Crippen LogP contribution in [0.5, 0.6) is 5.88 Å². The van der Waals surface area contributed by atoms with Crippen LogP contribution in [0.2, 0.25) is 0 Å². The van der Waals surface area contributed by atoms with E-state index in [0.717, 1.165) is 6.07 Å². The van der Waals surface area contributed by atoms with Crippen molar-refractivity contribution in [1.29, 1.82) is 0 Å². The van der Waals surface area contributed by atoms with Gasteiger partial charge in [-0.05, 0) is 11.5 Å². The zero-order valence-corrected chi connectivity index (χ0v) is 12.8. The highest BCUT2D eigenvalue weighted by atomic mass is 19.4. The van der Waals surface area contributed by atoms with Crippen molar-refractivity contribution in [1.82, 2.24) is 9.88 Å². The summed E-state index contributed by atoms with van der Waals surface area (Å²) in [5.74, 6) is -0.0351. The molecule has 1 fully saturated rings. The topological polar surface area (TPSA) is 42.4 Å². The average molecular weight is 316 g/mol. The molecule has 0 N–H and O–H groups in total. The molecule has 1 aromatic rings. The maximum absolute atomic E-state index is 12.6. The first-order valence-electron chi connectivity index (χ1n) is 7.03. The van der Waals surface area contributed by atoms with Crippen LogP contribution in [-0.2, 0) is 11.0 Å². The van der Waals surface area contributed by atoms with E-state index in [1.165, 1.54) is 12.1 Å². The summed E-state index contributed by atoms with van der Waals surface area (Å²) in [6, 6.07) is 3.54. The number of carbonyl (C=O) groups is 1. The van der Waals surface area contributed by atoms with Crippen LogP contribution in [0.3, 0.4) is 0 Å². The molecule has 122 valence electrons. The first-order valence-corrected chi connectivity index (χ1v) is 7.03. The fraction of sp³-hybridized carbons (Fsp3) is 0.600. The summed E-state index contributed by atoms with van der Waals surface area (Å²) in [4.78, 5) is 17.0. The van der Waals surface area contributed by atoms with Gasteiger partial charge in [0.25, 0.3) is 0 Å². The summed E-state index contributed by atoms with van der Waals surface area (Å²) in [6.45, 7) is 6.70. The molecule has 4 nitrogen and oxygen atoms in total. The van der Waals surface area contributed by atoms with Gasteiger partial charge in [0, 0.05) is 12.5 Å². The van der Waals surface area contributed by atoms with Gasteiger partial charge in [-0.15, -0.1) is 0 Å². The van der Waals surface area contributed by atoms with Crippen LogP contribution in [0.4, 0.5) is 13.2 Å². The maximum Gasteiger partial charge on any atom is 0.433 e. The Morgan fingerprint density at radius 1 is 1.32 bits per heavy atom. The fourth-order valence-corrected chi connectivity index (χ4v) is 2.09. The van der Waals surface area contributed by atoms with Crippen LogP contribution in [0.25, 0.3) is 0 Å². The normalized spacial score (nSPS) is 16.4. The van der Waals surface area contributed by atoms with Crippen LogP contribution in [-0.4, -0.2) is 35.0 Å². The fourth-order valence-electron chi connectivity index (χ4n) is 2.09. The monoisotopic (exact) mass is 316 g/mol. The van der Waals surface area contributed by atoms with Crippen LogP contribution in [0, 0.1) is 5.41 Å². The highest BCUT2D eigenvalue weighted by Crippen LogP contribution is 2.29. The van der Waals surface area contributed by atoms with Crippen molar-refractivity contribution in [2.45, 2.75) is 39.5 Å². The lowest BCUT2D eigenvalue weighted by atomic mass is 9.91. The number of carbonyl (C=O) groups excluding carboxylic acids is 1. The number of hydrogen-bond donors (Lipinski definition) is 0. The quantitative estimate of drug-likeness (QED) is 0.860. The van der Waals surface area contributed by atoms with Crippen molar-refractivity contribution in [3.8, 4) is 5.88 Å². The Labute approximate surface area is 127 Å². The third kappa shape index (κ3) is 4.35. The number of amides is 1. The van der Waals surface area contributed by atoms with Crippen LogP contribution in [0.1, 0.15) is 32.9 Å². The minimum atomic E-state index is -4.49. The van der Waals surface area contributed by atoms with E-state index in [1.807, 2.05) is 20.8 Å². The van der Waals surface area contributed by atoms with E-state index in [-0.39, 0.29) is 23.3 Å². The first-order chi connectivity index (χ1) is 10.0. The van der Waals surface area contributed by atoms with Crippen molar-refractivity contribution in [2.75, 3.05) is 13.1 Å². The predicted octanol–water partition coefficient (Wildman–Crippen LogP) is 3.13. The van der Waals surface area contributed by atoms with Crippen LogP contribution < -0.4 is 4.74 Å². The molecule has 0 atom stereocenters. The number of nitrogens with zero attached hydrogens (tertiary/aromatic N) is 2. The highest BCUT2D eigenvalue weighted by molar-refractivity contribution is 5.77. The van der Waals surface area contributed by atoms with Crippen molar-refractivity contribution in [2.24, 2.45) is 5.41 Å². The molecule has 0 saturated carbocycles. The molecule has 0 unspecified atom stereocenters. The Hall–Kier alpha value is -1.79. The van der Waals surface area contributed by atoms with E-state index >= 15 is 0 Å². The van der Waals surface area contributed by atoms with E-state index in [9.17, 15) is 18.0 Å². The van der Waals surface area contributed by atoms with E-state index in [4.69, 9.17) is 4.74 Å². The van der Waals surface area contributed by atoms with Gasteiger partial charge in [-0.25, -0.2) is 4.98 Å². The summed E-state index contributed by atoms with van der Waals surface area (Å²) in [5.41, 5.74) is -1.07. The number of halogens is 3. The van der Waals surface area contributed by atoms with Gasteiger partial charge in [-0.2, -0.15) is 13.2 Å². The van der Waals surface area contributed by atoms with Gasteiger partial charge in [0.05, 0.1) is 13.1 Å². The summed E-state index contributed by atoms with van der Waals surface area (Å²) >= 11 is 0. The Morgan fingerprint density at radius 3 is 2.50 bits per heavy atom. The Morgan fingerprint density at radius 2 is 1.95 bits per heavy atom. The number of ether oxygens (including phenoxy) is 1. The molecule has 7 heteroatoms. The largest absolute Gasteiger partial charge is 0.471 e. The minimum absolute atomic E-state index is 0.0318. The number of aromatic nitrogens is 1. The number of pyridine rings is 1. The molecule has 0 aliphatic carbocycles. The van der Waals surface area contributed by atoms with Crippen molar-refractivity contribution < 1.29 is 22.7 Å². The zero-order chi connectivity index (χ0) is 16.5. The second kappa shape index (κ2) is 5.78. The van der Waals surface area contributed by atoms with E-state index in [2.05, 4.69) is 4.98 Å². The Kier molecular flexibility index (Phi) is 4.35. The minimum Gasteiger partial charge on any atom is -0.471 e. The Bertz CT molecular complexity index is 546. The molecule has 22 heavy (non-hydrogen) atoms. The lowest BCUT2D eigenvalue weighted by Crippen LogP contribution is -2.56. The lowest BCUT2D eigenvalue weighted by molar-refractivity contribution is -0.142. The van der Waals surface area contributed by atoms with Crippen LogP contribution >= 0.6 is 0 Å². The molecule has 1 aliphatic heterocycles. The SMILES string of the molecule is CC(C)(C)CC(=O)N1CC(Oc2cccc(C(F)(F)F)n2)C1. The van der Waals surface area contributed by atoms with Gasteiger partial charge in [0.1, 0.15) is 11.8 Å². The highest BCUT2D eigenvalue weighted by Gasteiger charge is 2.35. The Balaban J connectivity index is 1.87. The molecule has 1 aliphatic rings. The van der Waals surface area contributed by atoms with Gasteiger partial charge in [-0.1, -0.05) is 26.8 Å². The number of alkyl halides is 3. The molecular weight excluding hydrogens is 297 g/mol. The summed E-state index contributed by atoms with van der Waals surface area (Å²) in [7, 11) is 0. The summed E-state index contributed by atoms with van der Waals surface area (Å²) in [6.07, 6.45) is -4.37. The first kappa shape index (κ1) is 16.6. The number of hydrogen-bond acceptors (Lipinski definition) is 3. The third-order valence-corrected chi connectivity index (χ3v) is 3.18. The molecule has 0 radical (unpaired) electrons. The van der Waals surface area contributed by atoms with Gasteiger partial charge in [0.15, 0.2) is 0 Å². The standard InChI is InChI=1S/C15H19F3N2O2/c1-14(2,3)7-13(21)20-8-10(9-20)22-12-6-4-5-11(19-12)15(16,17)18/h4-6,10H,7-9H2,1-3H3. The van der Waals surface area contributed by atoms with Crippen LogP contribution in [0.15, 0.2) is 18.2 Å². The molecular formula is C15H19F3N2O2. The van der Waals surface area contributed by atoms with Crippen molar-refractivity contribution in [3.63, 3.8) is 0 Å². The number of rotatable bonds is 3. The smallest absolute Gasteiger partial charge is 0.433 e. The predicted molar refractivity (Wildman–Crippen MR) is 74.3 cm³/mol. The average Bonchev–Trinajstić information content (AvgIpc) is 2.30. The van der Waals surface area contributed by atoms with Gasteiger partial charge in [0.2, 0.25) is 11.8 Å². The van der Waals surface area contributed by atoms with E-state index in [0.29, 0.717) is 19.5 Å². The molecule has 1 aromatic heterocycles. The van der Waals surface area contributed by atoms with Gasteiger partial charge >= 0.3 is 6.18 Å². The maximum atomic E-state index is 12.6. The van der Waals surface area contributed by atoms with Gasteiger partial charge < -0.3 is 9.64 Å². The van der Waals surface area contributed by atoms with E-state index < -0.39 is 11.9 Å². The second-order valence-electron chi connectivity index (χ2n) is 6.63. The molecule has 0 spiro atoms. The molecule has 0 aromatic carbocycles. The van der Waals surface area contributed by atoms with Gasteiger partial charge in [-0.3, -0.25) is 4.79 Å². The van der Waals surface area contributed by atoms with E-state index in [1.54, 1.807) is 4.90 Å². The summed E-state index contributed by atoms with van der Waals surface area (Å²) in [5, 5.41) is 0. The van der Waals surface area contributed by atoms with Crippen molar-refractivity contribution >= 4 is 5.91 Å². The lowest BCUT2D eigenvalue weighted by Gasteiger charge is -2.39. The molecule has 2 heterocycles. The third-order valence-electron chi connectivity index (χ3n) is 3.18. The molecule has 1 amide bonds.